The van der Waals surface area contributed by atoms with Crippen molar-refractivity contribution in [2.24, 2.45) is 5.92 Å². The third-order valence-electron chi connectivity index (χ3n) is 2.49. The van der Waals surface area contributed by atoms with Gasteiger partial charge in [0, 0.05) is 5.69 Å². The summed E-state index contributed by atoms with van der Waals surface area (Å²) in [4.78, 5) is 11.6. The first-order valence-corrected chi connectivity index (χ1v) is 5.87. The fourth-order valence-electron chi connectivity index (χ4n) is 1.45. The van der Waals surface area contributed by atoms with Crippen LogP contribution in [0.25, 0.3) is 0 Å². The predicted molar refractivity (Wildman–Crippen MR) is 64.2 cm³/mol. The van der Waals surface area contributed by atoms with E-state index >= 15 is 0 Å². The van der Waals surface area contributed by atoms with Crippen LogP contribution in [0.3, 0.4) is 0 Å². The standard InChI is InChI=1S/C11H9Cl2F2NO2/c12-11(13)5-8(11)9(17)16-6-1-3-7(4-2-6)18-10(14)15/h1-4,8,10H,5H2,(H,16,17)/t8-/m0/s1. The van der Waals surface area contributed by atoms with Crippen molar-refractivity contribution in [1.29, 1.82) is 0 Å². The zero-order chi connectivity index (χ0) is 13.3. The molecule has 0 aromatic heterocycles. The molecule has 1 fully saturated rings. The van der Waals surface area contributed by atoms with E-state index in [1.165, 1.54) is 24.3 Å². The van der Waals surface area contributed by atoms with Gasteiger partial charge >= 0.3 is 6.61 Å². The van der Waals surface area contributed by atoms with Crippen molar-refractivity contribution in [2.45, 2.75) is 17.4 Å². The number of amides is 1. The van der Waals surface area contributed by atoms with Crippen molar-refractivity contribution in [3.05, 3.63) is 24.3 Å². The van der Waals surface area contributed by atoms with Crippen molar-refractivity contribution >= 4 is 34.8 Å². The lowest BCUT2D eigenvalue weighted by molar-refractivity contribution is -0.117. The summed E-state index contributed by atoms with van der Waals surface area (Å²) in [6, 6.07) is 5.59. The van der Waals surface area contributed by atoms with Gasteiger partial charge in [-0.05, 0) is 30.7 Å². The number of nitrogens with one attached hydrogen (secondary N) is 1. The first-order chi connectivity index (χ1) is 8.38. The van der Waals surface area contributed by atoms with E-state index in [0.29, 0.717) is 12.1 Å². The highest BCUT2D eigenvalue weighted by molar-refractivity contribution is 6.52. The molecule has 1 N–H and O–H groups in total. The average molecular weight is 296 g/mol. The van der Waals surface area contributed by atoms with Gasteiger partial charge < -0.3 is 10.1 Å². The summed E-state index contributed by atoms with van der Waals surface area (Å²) >= 11 is 11.5. The average Bonchev–Trinajstić information content (AvgIpc) is 2.90. The number of carbonyl (C=O) groups is 1. The molecule has 0 aliphatic heterocycles. The molecule has 1 aliphatic carbocycles. The van der Waals surface area contributed by atoms with Gasteiger partial charge in [-0.25, -0.2) is 0 Å². The number of alkyl halides is 4. The first-order valence-electron chi connectivity index (χ1n) is 5.12. The maximum Gasteiger partial charge on any atom is 0.387 e. The zero-order valence-corrected chi connectivity index (χ0v) is 10.5. The first kappa shape index (κ1) is 13.4. The number of carbonyl (C=O) groups excluding carboxylic acids is 1. The Morgan fingerprint density at radius 2 is 1.94 bits per heavy atom. The minimum Gasteiger partial charge on any atom is -0.435 e. The number of benzene rings is 1. The van der Waals surface area contributed by atoms with E-state index < -0.39 is 16.9 Å². The third-order valence-corrected chi connectivity index (χ3v) is 3.32. The molecule has 0 spiro atoms. The second-order valence-corrected chi connectivity index (χ2v) is 5.45. The zero-order valence-electron chi connectivity index (χ0n) is 9.00. The smallest absolute Gasteiger partial charge is 0.387 e. The lowest BCUT2D eigenvalue weighted by atomic mass is 10.3. The van der Waals surface area contributed by atoms with E-state index in [4.69, 9.17) is 23.2 Å². The van der Waals surface area contributed by atoms with Gasteiger partial charge in [0.1, 0.15) is 10.1 Å². The van der Waals surface area contributed by atoms with Gasteiger partial charge in [0.2, 0.25) is 5.91 Å². The molecular formula is C11H9Cl2F2NO2. The molecule has 0 unspecified atom stereocenters. The quantitative estimate of drug-likeness (QED) is 0.865. The Labute approximate surface area is 112 Å². The van der Waals surface area contributed by atoms with Crippen LogP contribution in [-0.4, -0.2) is 16.9 Å². The summed E-state index contributed by atoms with van der Waals surface area (Å²) in [5, 5.41) is 2.59. The van der Waals surface area contributed by atoms with Gasteiger partial charge in [0.15, 0.2) is 0 Å². The van der Waals surface area contributed by atoms with E-state index in [-0.39, 0.29) is 11.7 Å². The molecule has 0 heterocycles. The number of anilines is 1. The molecule has 7 heteroatoms. The fourth-order valence-corrected chi connectivity index (χ4v) is 1.95. The Hall–Kier alpha value is -1.07. The minimum absolute atomic E-state index is 0.0263. The van der Waals surface area contributed by atoms with Crippen LogP contribution in [-0.2, 0) is 4.79 Å². The second kappa shape index (κ2) is 4.90. The van der Waals surface area contributed by atoms with E-state index in [1.807, 2.05) is 0 Å². The van der Waals surface area contributed by atoms with Crippen LogP contribution in [0.5, 0.6) is 5.75 Å². The Morgan fingerprint density at radius 3 is 2.39 bits per heavy atom. The van der Waals surface area contributed by atoms with Crippen LogP contribution in [0.2, 0.25) is 0 Å². The molecule has 1 aliphatic rings. The molecule has 18 heavy (non-hydrogen) atoms. The lowest BCUT2D eigenvalue weighted by Gasteiger charge is -2.07. The second-order valence-electron chi connectivity index (χ2n) is 3.91. The molecule has 1 atom stereocenters. The molecule has 1 amide bonds. The van der Waals surface area contributed by atoms with Crippen molar-refractivity contribution in [2.75, 3.05) is 5.32 Å². The fraction of sp³-hybridized carbons (Fsp3) is 0.364. The maximum atomic E-state index is 11.9. The summed E-state index contributed by atoms with van der Waals surface area (Å²) in [6.45, 7) is -2.87. The number of ether oxygens (including phenoxy) is 1. The lowest BCUT2D eigenvalue weighted by Crippen LogP contribution is -2.16. The van der Waals surface area contributed by atoms with Crippen LogP contribution in [0, 0.1) is 5.92 Å². The van der Waals surface area contributed by atoms with Gasteiger partial charge in [-0.2, -0.15) is 8.78 Å². The predicted octanol–water partition coefficient (Wildman–Crippen LogP) is 3.42. The molecular weight excluding hydrogens is 287 g/mol. The van der Waals surface area contributed by atoms with Gasteiger partial charge in [0.05, 0.1) is 5.92 Å². The molecule has 0 radical (unpaired) electrons. The van der Waals surface area contributed by atoms with E-state index in [1.54, 1.807) is 0 Å². The van der Waals surface area contributed by atoms with Crippen LogP contribution < -0.4 is 10.1 Å². The molecule has 0 bridgehead atoms. The summed E-state index contributed by atoms with van der Waals surface area (Å²) < 4.78 is 27.0. The van der Waals surface area contributed by atoms with Gasteiger partial charge in [0.25, 0.3) is 0 Å². The SMILES string of the molecule is O=C(Nc1ccc(OC(F)F)cc1)[C@@H]1CC1(Cl)Cl. The number of halogens is 4. The summed E-state index contributed by atoms with van der Waals surface area (Å²) in [5.41, 5.74) is 0.470. The monoisotopic (exact) mass is 295 g/mol. The van der Waals surface area contributed by atoms with Crippen LogP contribution in [0.4, 0.5) is 14.5 Å². The molecule has 3 nitrogen and oxygen atoms in total. The molecule has 2 rings (SSSR count). The topological polar surface area (TPSA) is 38.3 Å². The number of hydrogen-bond acceptors (Lipinski definition) is 2. The van der Waals surface area contributed by atoms with Crippen LogP contribution >= 0.6 is 23.2 Å². The van der Waals surface area contributed by atoms with E-state index in [9.17, 15) is 13.6 Å². The number of hydrogen-bond donors (Lipinski definition) is 1. The van der Waals surface area contributed by atoms with Gasteiger partial charge in [-0.1, -0.05) is 0 Å². The highest BCUT2D eigenvalue weighted by Crippen LogP contribution is 2.53. The Balaban J connectivity index is 1.92. The Bertz CT molecular complexity index is 451. The normalized spacial score (nSPS) is 20.6. The molecule has 1 aromatic carbocycles. The van der Waals surface area contributed by atoms with E-state index in [0.717, 1.165) is 0 Å². The summed E-state index contributed by atoms with van der Waals surface area (Å²) in [5.74, 6) is -0.696. The summed E-state index contributed by atoms with van der Waals surface area (Å²) in [6.07, 6.45) is 0.411. The van der Waals surface area contributed by atoms with Crippen LogP contribution in [0.1, 0.15) is 6.42 Å². The molecule has 98 valence electrons. The van der Waals surface area contributed by atoms with E-state index in [2.05, 4.69) is 10.1 Å². The minimum atomic E-state index is -2.87. The van der Waals surface area contributed by atoms with Crippen molar-refractivity contribution in [1.82, 2.24) is 0 Å². The molecule has 1 aromatic rings. The summed E-state index contributed by atoms with van der Waals surface area (Å²) in [7, 11) is 0. The molecule has 0 saturated heterocycles. The molecule has 1 saturated carbocycles. The van der Waals surface area contributed by atoms with Gasteiger partial charge in [-0.15, -0.1) is 23.2 Å². The largest absolute Gasteiger partial charge is 0.435 e. The van der Waals surface area contributed by atoms with Gasteiger partial charge in [-0.3, -0.25) is 4.79 Å². The van der Waals surface area contributed by atoms with Crippen molar-refractivity contribution < 1.29 is 18.3 Å². The highest BCUT2D eigenvalue weighted by atomic mass is 35.5. The number of rotatable bonds is 4. The Kier molecular flexibility index (Phi) is 3.64. The third kappa shape index (κ3) is 3.23. The maximum absolute atomic E-state index is 11.9. The van der Waals surface area contributed by atoms with Crippen LogP contribution in [0.15, 0.2) is 24.3 Å². The van der Waals surface area contributed by atoms with Crippen molar-refractivity contribution in [3.63, 3.8) is 0 Å². The van der Waals surface area contributed by atoms with Crippen molar-refractivity contribution in [3.8, 4) is 5.75 Å². The Morgan fingerprint density at radius 1 is 1.39 bits per heavy atom. The highest BCUT2D eigenvalue weighted by Gasteiger charge is 2.56.